The van der Waals surface area contributed by atoms with Crippen LogP contribution in [-0.4, -0.2) is 59.4 Å². The number of rotatable bonds is 8. The topological polar surface area (TPSA) is 117 Å². The predicted molar refractivity (Wildman–Crippen MR) is 157 cm³/mol. The Balaban J connectivity index is 1.40. The molecular weight excluding hydrogens is 545 g/mol. The van der Waals surface area contributed by atoms with E-state index in [4.69, 9.17) is 4.98 Å². The highest BCUT2D eigenvalue weighted by molar-refractivity contribution is 7.79. The van der Waals surface area contributed by atoms with Crippen molar-refractivity contribution in [3.05, 3.63) is 59.4 Å². The van der Waals surface area contributed by atoms with E-state index in [1.165, 1.54) is 24.3 Å². The number of fused-ring (bicyclic) bond motifs is 1. The maximum absolute atomic E-state index is 13.4. The lowest BCUT2D eigenvalue weighted by Crippen LogP contribution is -2.37. The summed E-state index contributed by atoms with van der Waals surface area (Å²) < 4.78 is 36.4. The quantitative estimate of drug-likeness (QED) is 0.326. The van der Waals surface area contributed by atoms with Crippen LogP contribution in [0.5, 0.6) is 0 Å². The van der Waals surface area contributed by atoms with Gasteiger partial charge in [0.1, 0.15) is 5.82 Å². The molecule has 220 valence electrons. The minimum atomic E-state index is -1.78. The van der Waals surface area contributed by atoms with Crippen molar-refractivity contribution >= 4 is 39.9 Å². The number of benzene rings is 2. The number of hydrogen-bond acceptors (Lipinski definition) is 5. The van der Waals surface area contributed by atoms with Crippen molar-refractivity contribution in [3.63, 3.8) is 0 Å². The van der Waals surface area contributed by atoms with Crippen LogP contribution in [0, 0.1) is 11.7 Å². The summed E-state index contributed by atoms with van der Waals surface area (Å²) in [5.74, 6) is -0.278. The summed E-state index contributed by atoms with van der Waals surface area (Å²) in [7, 11) is 0. The molecule has 3 aromatic rings. The molecule has 1 aliphatic carbocycles. The van der Waals surface area contributed by atoms with Crippen LogP contribution in [0.3, 0.4) is 0 Å². The Bertz CT molecular complexity index is 1410. The second-order valence-electron chi connectivity index (χ2n) is 11.5. The zero-order valence-corrected chi connectivity index (χ0v) is 24.3. The van der Waals surface area contributed by atoms with Gasteiger partial charge in [-0.05, 0) is 107 Å². The van der Waals surface area contributed by atoms with Gasteiger partial charge < -0.3 is 14.4 Å². The van der Waals surface area contributed by atoms with Crippen molar-refractivity contribution in [2.75, 3.05) is 18.4 Å². The molecule has 0 bridgehead atoms. The van der Waals surface area contributed by atoms with Crippen LogP contribution < -0.4 is 10.6 Å². The molecule has 2 amide bonds. The molecule has 0 spiro atoms. The monoisotopic (exact) mass is 583 g/mol. The third-order valence-corrected chi connectivity index (χ3v) is 9.22. The summed E-state index contributed by atoms with van der Waals surface area (Å²) >= 11 is -1.78. The maximum atomic E-state index is 13.4. The SMILES string of the molecule is CC(C)NC(=O)C1CCC(n2c(NC(=O)c3ccc(F)cc3)nc3ccc(CN4CCC(S(=O)O)CC4)cc32)CC1. The Labute approximate surface area is 242 Å². The summed E-state index contributed by atoms with van der Waals surface area (Å²) in [6, 6.07) is 11.7. The van der Waals surface area contributed by atoms with Crippen molar-refractivity contribution in [1.82, 2.24) is 19.8 Å². The van der Waals surface area contributed by atoms with E-state index < -0.39 is 16.9 Å². The van der Waals surface area contributed by atoms with E-state index in [9.17, 15) is 22.7 Å². The number of aromatic nitrogens is 2. The zero-order valence-electron chi connectivity index (χ0n) is 23.5. The number of nitrogens with zero attached hydrogens (tertiary/aromatic N) is 3. The Hall–Kier alpha value is -3.15. The van der Waals surface area contributed by atoms with Crippen molar-refractivity contribution in [2.24, 2.45) is 5.92 Å². The number of amides is 2. The molecule has 2 fully saturated rings. The number of nitrogens with one attached hydrogen (secondary N) is 2. The van der Waals surface area contributed by atoms with Gasteiger partial charge in [-0.2, -0.15) is 0 Å². The molecule has 1 atom stereocenters. The number of hydrogen-bond donors (Lipinski definition) is 3. The average Bonchev–Trinajstić information content (AvgIpc) is 3.30. The fourth-order valence-electron chi connectivity index (χ4n) is 6.00. The standard InChI is InChI=1S/C30H38FN5O4S/c1-19(2)32-28(37)22-6-10-24(11-7-22)36-27-17-20(18-35-15-13-25(14-16-35)41(39)40)3-12-26(27)33-30(36)34-29(38)21-4-8-23(31)9-5-21/h3-5,8-9,12,17,19,22,24-25H,6-7,10-11,13-16,18H2,1-2H3,(H,32,37)(H,39,40)(H,33,34,38). The van der Waals surface area contributed by atoms with E-state index >= 15 is 0 Å². The molecule has 0 radical (unpaired) electrons. The van der Waals surface area contributed by atoms with Gasteiger partial charge in [-0.1, -0.05) is 6.07 Å². The van der Waals surface area contributed by atoms with Gasteiger partial charge in [0.25, 0.3) is 5.91 Å². The van der Waals surface area contributed by atoms with Crippen LogP contribution in [0.15, 0.2) is 42.5 Å². The van der Waals surface area contributed by atoms with Crippen LogP contribution in [0.2, 0.25) is 0 Å². The fourth-order valence-corrected chi connectivity index (χ4v) is 6.61. The molecule has 3 N–H and O–H groups in total. The van der Waals surface area contributed by atoms with Gasteiger partial charge in [0, 0.05) is 30.1 Å². The lowest BCUT2D eigenvalue weighted by molar-refractivity contribution is -0.126. The molecule has 5 rings (SSSR count). The summed E-state index contributed by atoms with van der Waals surface area (Å²) in [4.78, 5) is 32.8. The van der Waals surface area contributed by atoms with E-state index in [-0.39, 0.29) is 35.1 Å². The minimum absolute atomic E-state index is 0.0348. The molecule has 1 aliphatic heterocycles. The van der Waals surface area contributed by atoms with Gasteiger partial charge >= 0.3 is 0 Å². The van der Waals surface area contributed by atoms with E-state index in [1.807, 2.05) is 26.0 Å². The second-order valence-corrected chi connectivity index (χ2v) is 12.7. The van der Waals surface area contributed by atoms with Crippen molar-refractivity contribution in [3.8, 4) is 0 Å². The number of imidazole rings is 1. The summed E-state index contributed by atoms with van der Waals surface area (Å²) in [6.07, 6.45) is 4.42. The van der Waals surface area contributed by atoms with Gasteiger partial charge in [0.15, 0.2) is 11.1 Å². The number of likely N-dealkylation sites (tertiary alicyclic amines) is 1. The van der Waals surface area contributed by atoms with Crippen molar-refractivity contribution < 1.29 is 22.7 Å². The van der Waals surface area contributed by atoms with Crippen LogP contribution >= 0.6 is 0 Å². The Morgan fingerprint density at radius 2 is 1.73 bits per heavy atom. The molecule has 11 heteroatoms. The molecule has 2 heterocycles. The van der Waals surface area contributed by atoms with Crippen LogP contribution in [0.25, 0.3) is 11.0 Å². The summed E-state index contributed by atoms with van der Waals surface area (Å²) in [6.45, 7) is 6.16. The van der Waals surface area contributed by atoms with Gasteiger partial charge in [-0.15, -0.1) is 0 Å². The lowest BCUT2D eigenvalue weighted by Gasteiger charge is -2.31. The zero-order chi connectivity index (χ0) is 29.1. The first-order chi connectivity index (χ1) is 19.7. The molecule has 41 heavy (non-hydrogen) atoms. The van der Waals surface area contributed by atoms with Crippen LogP contribution in [0.4, 0.5) is 10.3 Å². The molecular formula is C30H38FN5O4S. The number of carbonyl (C=O) groups excluding carboxylic acids is 2. The molecule has 2 aliphatic rings. The van der Waals surface area contributed by atoms with E-state index in [2.05, 4.69) is 26.2 Å². The minimum Gasteiger partial charge on any atom is -0.354 e. The number of carbonyl (C=O) groups is 2. The smallest absolute Gasteiger partial charge is 0.257 e. The second kappa shape index (κ2) is 12.8. The predicted octanol–water partition coefficient (Wildman–Crippen LogP) is 4.87. The number of anilines is 1. The fraction of sp³-hybridized carbons (Fsp3) is 0.500. The first-order valence-electron chi connectivity index (χ1n) is 14.4. The highest BCUT2D eigenvalue weighted by Crippen LogP contribution is 2.37. The largest absolute Gasteiger partial charge is 0.354 e. The first-order valence-corrected chi connectivity index (χ1v) is 15.5. The lowest BCUT2D eigenvalue weighted by atomic mass is 9.85. The van der Waals surface area contributed by atoms with Crippen LogP contribution in [-0.2, 0) is 22.4 Å². The van der Waals surface area contributed by atoms with E-state index in [0.29, 0.717) is 30.9 Å². The van der Waals surface area contributed by atoms with Crippen molar-refractivity contribution in [2.45, 2.75) is 76.3 Å². The highest BCUT2D eigenvalue weighted by Gasteiger charge is 2.30. The average molecular weight is 584 g/mol. The van der Waals surface area contributed by atoms with Gasteiger partial charge in [-0.3, -0.25) is 19.8 Å². The molecule has 1 unspecified atom stereocenters. The van der Waals surface area contributed by atoms with Crippen molar-refractivity contribution in [1.29, 1.82) is 0 Å². The number of piperidine rings is 1. The first kappa shape index (κ1) is 29.3. The third-order valence-electron chi connectivity index (χ3n) is 8.18. The third kappa shape index (κ3) is 7.02. The Kier molecular flexibility index (Phi) is 9.16. The highest BCUT2D eigenvalue weighted by atomic mass is 32.2. The maximum Gasteiger partial charge on any atom is 0.257 e. The van der Waals surface area contributed by atoms with E-state index in [1.54, 1.807) is 0 Å². The van der Waals surface area contributed by atoms with Gasteiger partial charge in [-0.25, -0.2) is 13.6 Å². The normalized spacial score (nSPS) is 21.2. The Morgan fingerprint density at radius 1 is 1.05 bits per heavy atom. The molecule has 1 aromatic heterocycles. The van der Waals surface area contributed by atoms with E-state index in [0.717, 1.165) is 55.4 Å². The summed E-state index contributed by atoms with van der Waals surface area (Å²) in [5.41, 5.74) is 3.12. The Morgan fingerprint density at radius 3 is 2.37 bits per heavy atom. The molecule has 1 saturated carbocycles. The summed E-state index contributed by atoms with van der Waals surface area (Å²) in [5, 5.41) is 5.82. The molecule has 1 saturated heterocycles. The van der Waals surface area contributed by atoms with Crippen LogP contribution in [0.1, 0.15) is 74.3 Å². The molecule has 9 nitrogen and oxygen atoms in total. The number of halogens is 1. The van der Waals surface area contributed by atoms with Gasteiger partial charge in [0.05, 0.1) is 16.3 Å². The molecule has 2 aromatic carbocycles. The van der Waals surface area contributed by atoms with Gasteiger partial charge in [0.2, 0.25) is 11.9 Å².